The van der Waals surface area contributed by atoms with Gasteiger partial charge in [0.2, 0.25) is 0 Å². The Kier molecular flexibility index (Phi) is 5.75. The first-order valence-corrected chi connectivity index (χ1v) is 7.25. The molecule has 1 aromatic rings. The molecule has 3 nitrogen and oxygen atoms in total. The second-order valence-electron chi connectivity index (χ2n) is 6.43. The zero-order valence-corrected chi connectivity index (χ0v) is 12.9. The summed E-state index contributed by atoms with van der Waals surface area (Å²) in [4.78, 5) is 10.8. The lowest BCUT2D eigenvalue weighted by molar-refractivity contribution is -0.139. The Morgan fingerprint density at radius 3 is 2.15 bits per heavy atom. The van der Waals surface area contributed by atoms with Crippen molar-refractivity contribution in [2.45, 2.75) is 59.0 Å². The lowest BCUT2D eigenvalue weighted by Crippen LogP contribution is -2.20. The molecule has 2 atom stereocenters. The molecule has 0 aliphatic heterocycles. The molecule has 1 rings (SSSR count). The number of carboxylic acid groups (broad SMARTS) is 1. The molecule has 0 saturated heterocycles. The molecule has 0 heterocycles. The molecule has 0 spiro atoms. The van der Waals surface area contributed by atoms with Gasteiger partial charge < -0.3 is 10.2 Å². The van der Waals surface area contributed by atoms with E-state index >= 15 is 0 Å². The first-order valence-electron chi connectivity index (χ1n) is 7.25. The van der Waals surface area contributed by atoms with Crippen molar-refractivity contribution < 1.29 is 15.0 Å². The molecule has 0 aliphatic carbocycles. The molecule has 0 fully saturated rings. The summed E-state index contributed by atoms with van der Waals surface area (Å²) in [6, 6.07) is 8.00. The molecule has 0 amide bonds. The molecule has 0 bridgehead atoms. The van der Waals surface area contributed by atoms with Gasteiger partial charge in [-0.1, -0.05) is 52.0 Å². The third-order valence-electron chi connectivity index (χ3n) is 3.88. The third kappa shape index (κ3) is 4.97. The second-order valence-corrected chi connectivity index (χ2v) is 6.43. The lowest BCUT2D eigenvalue weighted by atomic mass is 9.81. The number of carboxylic acids is 1. The molecule has 0 saturated carbocycles. The van der Waals surface area contributed by atoms with Crippen LogP contribution in [0.2, 0.25) is 0 Å². The van der Waals surface area contributed by atoms with Gasteiger partial charge in [0.25, 0.3) is 0 Å². The molecular weight excluding hydrogens is 252 g/mol. The van der Waals surface area contributed by atoms with E-state index in [0.29, 0.717) is 12.3 Å². The third-order valence-corrected chi connectivity index (χ3v) is 3.88. The van der Waals surface area contributed by atoms with Crippen LogP contribution in [-0.4, -0.2) is 16.2 Å². The number of rotatable bonds is 7. The van der Waals surface area contributed by atoms with Gasteiger partial charge in [-0.3, -0.25) is 4.79 Å². The van der Waals surface area contributed by atoms with Crippen molar-refractivity contribution in [1.82, 2.24) is 0 Å². The van der Waals surface area contributed by atoms with Gasteiger partial charge in [0, 0.05) is 0 Å². The fourth-order valence-corrected chi connectivity index (χ4v) is 2.41. The summed E-state index contributed by atoms with van der Waals surface area (Å²) in [5.74, 6) is -0.307. The van der Waals surface area contributed by atoms with Crippen LogP contribution in [0.1, 0.15) is 70.1 Å². The van der Waals surface area contributed by atoms with E-state index in [1.54, 1.807) is 0 Å². The van der Waals surface area contributed by atoms with E-state index in [2.05, 4.69) is 26.0 Å². The first-order chi connectivity index (χ1) is 9.25. The van der Waals surface area contributed by atoms with Gasteiger partial charge in [0.1, 0.15) is 0 Å². The highest BCUT2D eigenvalue weighted by Gasteiger charge is 2.26. The fraction of sp³-hybridized carbons (Fsp3) is 0.588. The monoisotopic (exact) mass is 278 g/mol. The highest BCUT2D eigenvalue weighted by molar-refractivity contribution is 5.67. The Morgan fingerprint density at radius 2 is 1.70 bits per heavy atom. The van der Waals surface area contributed by atoms with Crippen LogP contribution in [0.5, 0.6) is 0 Å². The summed E-state index contributed by atoms with van der Waals surface area (Å²) < 4.78 is 0. The molecule has 0 aromatic heterocycles. The van der Waals surface area contributed by atoms with E-state index in [1.807, 2.05) is 26.0 Å². The van der Waals surface area contributed by atoms with E-state index in [-0.39, 0.29) is 6.42 Å². The van der Waals surface area contributed by atoms with Crippen LogP contribution in [0.3, 0.4) is 0 Å². The van der Waals surface area contributed by atoms with Gasteiger partial charge in [-0.05, 0) is 35.3 Å². The minimum atomic E-state index is -0.825. The van der Waals surface area contributed by atoms with Crippen LogP contribution in [0.25, 0.3) is 0 Å². The fourth-order valence-electron chi connectivity index (χ4n) is 2.41. The molecule has 0 aliphatic rings. The summed E-state index contributed by atoms with van der Waals surface area (Å²) in [7, 11) is 0. The lowest BCUT2D eigenvalue weighted by Gasteiger charge is -2.26. The van der Waals surface area contributed by atoms with Crippen molar-refractivity contribution in [3.05, 3.63) is 35.4 Å². The Bertz CT molecular complexity index is 434. The van der Waals surface area contributed by atoms with Crippen LogP contribution >= 0.6 is 0 Å². The second kappa shape index (κ2) is 6.89. The average Bonchev–Trinajstić information content (AvgIpc) is 2.35. The SMILES string of the molecule is CCC(C)c1ccc(C(O)CC(C)(C)CC(=O)O)cc1. The predicted molar refractivity (Wildman–Crippen MR) is 80.8 cm³/mol. The van der Waals surface area contributed by atoms with E-state index in [4.69, 9.17) is 5.11 Å². The zero-order chi connectivity index (χ0) is 15.3. The highest BCUT2D eigenvalue weighted by atomic mass is 16.4. The zero-order valence-electron chi connectivity index (χ0n) is 12.9. The number of hydrogen-bond donors (Lipinski definition) is 2. The number of carbonyl (C=O) groups is 1. The molecule has 2 N–H and O–H groups in total. The highest BCUT2D eigenvalue weighted by Crippen LogP contribution is 2.33. The Hall–Kier alpha value is -1.35. The van der Waals surface area contributed by atoms with Crippen molar-refractivity contribution in [1.29, 1.82) is 0 Å². The minimum Gasteiger partial charge on any atom is -0.481 e. The summed E-state index contributed by atoms with van der Waals surface area (Å²) in [6.45, 7) is 8.08. The maximum atomic E-state index is 10.8. The number of benzene rings is 1. The van der Waals surface area contributed by atoms with E-state index < -0.39 is 17.5 Å². The molecule has 3 heteroatoms. The normalized spacial score (nSPS) is 14.8. The van der Waals surface area contributed by atoms with Crippen LogP contribution in [0.4, 0.5) is 0 Å². The average molecular weight is 278 g/mol. The number of hydrogen-bond acceptors (Lipinski definition) is 2. The van der Waals surface area contributed by atoms with Crippen molar-refractivity contribution >= 4 is 5.97 Å². The van der Waals surface area contributed by atoms with Gasteiger partial charge in [-0.2, -0.15) is 0 Å². The maximum Gasteiger partial charge on any atom is 0.303 e. The first kappa shape index (κ1) is 16.7. The summed E-state index contributed by atoms with van der Waals surface area (Å²) in [5, 5.41) is 19.1. The summed E-state index contributed by atoms with van der Waals surface area (Å²) in [5.41, 5.74) is 1.71. The van der Waals surface area contributed by atoms with E-state index in [0.717, 1.165) is 12.0 Å². The number of aliphatic hydroxyl groups excluding tert-OH is 1. The molecule has 112 valence electrons. The molecule has 0 radical (unpaired) electrons. The van der Waals surface area contributed by atoms with Gasteiger partial charge >= 0.3 is 5.97 Å². The van der Waals surface area contributed by atoms with Crippen LogP contribution in [0, 0.1) is 5.41 Å². The van der Waals surface area contributed by atoms with Gasteiger partial charge in [-0.15, -0.1) is 0 Å². The quantitative estimate of drug-likeness (QED) is 0.788. The Balaban J connectivity index is 2.72. The number of aliphatic carboxylic acids is 1. The smallest absolute Gasteiger partial charge is 0.303 e. The maximum absolute atomic E-state index is 10.8. The van der Waals surface area contributed by atoms with Crippen LogP contribution < -0.4 is 0 Å². The predicted octanol–water partition coefficient (Wildman–Crippen LogP) is 4.12. The Labute approximate surface area is 121 Å². The Morgan fingerprint density at radius 1 is 1.20 bits per heavy atom. The summed E-state index contributed by atoms with van der Waals surface area (Å²) in [6.07, 6.45) is 0.986. The largest absolute Gasteiger partial charge is 0.481 e. The minimum absolute atomic E-state index is 0.0645. The van der Waals surface area contributed by atoms with E-state index in [9.17, 15) is 9.90 Å². The molecule has 20 heavy (non-hydrogen) atoms. The van der Waals surface area contributed by atoms with Crippen molar-refractivity contribution in [3.63, 3.8) is 0 Å². The van der Waals surface area contributed by atoms with Gasteiger partial charge in [-0.25, -0.2) is 0 Å². The molecular formula is C17H26O3. The van der Waals surface area contributed by atoms with Crippen molar-refractivity contribution in [2.24, 2.45) is 5.41 Å². The topological polar surface area (TPSA) is 57.5 Å². The standard InChI is InChI=1S/C17H26O3/c1-5-12(2)13-6-8-14(9-7-13)15(18)10-17(3,4)11-16(19)20/h6-9,12,15,18H,5,10-11H2,1-4H3,(H,19,20). The summed E-state index contributed by atoms with van der Waals surface area (Å²) >= 11 is 0. The number of aliphatic hydroxyl groups is 1. The van der Waals surface area contributed by atoms with Gasteiger partial charge in [0.15, 0.2) is 0 Å². The van der Waals surface area contributed by atoms with E-state index in [1.165, 1.54) is 5.56 Å². The van der Waals surface area contributed by atoms with Crippen molar-refractivity contribution in [2.75, 3.05) is 0 Å². The van der Waals surface area contributed by atoms with Crippen molar-refractivity contribution in [3.8, 4) is 0 Å². The molecule has 1 aromatic carbocycles. The van der Waals surface area contributed by atoms with Gasteiger partial charge in [0.05, 0.1) is 12.5 Å². The molecule has 2 unspecified atom stereocenters. The van der Waals surface area contributed by atoms with Crippen LogP contribution in [0.15, 0.2) is 24.3 Å². The van der Waals surface area contributed by atoms with Crippen LogP contribution in [-0.2, 0) is 4.79 Å².